The van der Waals surface area contributed by atoms with Gasteiger partial charge >= 0.3 is 0 Å². The monoisotopic (exact) mass is 232 g/mol. The van der Waals surface area contributed by atoms with Gasteiger partial charge in [-0.1, -0.05) is 13.8 Å². The van der Waals surface area contributed by atoms with Crippen molar-refractivity contribution in [1.82, 2.24) is 5.32 Å². The number of carbonyl (C=O) groups excluding carboxylic acids is 1. The smallest absolute Gasteiger partial charge is 0.221 e. The lowest BCUT2D eigenvalue weighted by Gasteiger charge is -2.31. The minimum atomic E-state index is -0.246. The summed E-state index contributed by atoms with van der Waals surface area (Å²) in [6, 6.07) is 0. The zero-order chi connectivity index (χ0) is 11.9. The number of carbonyl (C=O) groups is 1. The highest BCUT2D eigenvalue weighted by Gasteiger charge is 2.25. The van der Waals surface area contributed by atoms with E-state index in [1.807, 2.05) is 13.2 Å². The fourth-order valence-electron chi connectivity index (χ4n) is 1.68. The number of hydrogen-bond donors (Lipinski definition) is 2. The third-order valence-electron chi connectivity index (χ3n) is 2.28. The van der Waals surface area contributed by atoms with Crippen molar-refractivity contribution >= 4 is 17.7 Å². The van der Waals surface area contributed by atoms with Crippen LogP contribution in [-0.4, -0.2) is 30.0 Å². The molecule has 0 aromatic heterocycles. The Balaban J connectivity index is 4.11. The van der Waals surface area contributed by atoms with Gasteiger partial charge in [-0.15, -0.1) is 0 Å². The number of hydrogen-bond acceptors (Lipinski definition) is 3. The lowest BCUT2D eigenvalue weighted by molar-refractivity contribution is -0.122. The average molecular weight is 232 g/mol. The Kier molecular flexibility index (Phi) is 7.02. The summed E-state index contributed by atoms with van der Waals surface area (Å²) in [5, 5.41) is 3.03. The van der Waals surface area contributed by atoms with Crippen molar-refractivity contribution in [3.8, 4) is 0 Å². The van der Waals surface area contributed by atoms with Crippen LogP contribution in [-0.2, 0) is 4.79 Å². The van der Waals surface area contributed by atoms with Gasteiger partial charge in [-0.05, 0) is 25.5 Å². The Morgan fingerprint density at radius 3 is 2.53 bits per heavy atom. The zero-order valence-electron chi connectivity index (χ0n) is 10.3. The molecule has 0 spiro atoms. The molecular weight excluding hydrogens is 208 g/mol. The number of amides is 1. The van der Waals surface area contributed by atoms with Crippen LogP contribution in [0.2, 0.25) is 0 Å². The van der Waals surface area contributed by atoms with Crippen LogP contribution in [0.4, 0.5) is 0 Å². The summed E-state index contributed by atoms with van der Waals surface area (Å²) < 4.78 is 0. The third-order valence-corrected chi connectivity index (χ3v) is 2.90. The van der Waals surface area contributed by atoms with Crippen molar-refractivity contribution < 1.29 is 4.79 Å². The quantitative estimate of drug-likeness (QED) is 0.701. The van der Waals surface area contributed by atoms with E-state index in [0.717, 1.165) is 12.2 Å². The van der Waals surface area contributed by atoms with Crippen molar-refractivity contribution in [1.29, 1.82) is 0 Å². The summed E-state index contributed by atoms with van der Waals surface area (Å²) in [5.74, 6) is 1.52. The molecule has 1 atom stereocenters. The predicted molar refractivity (Wildman–Crippen MR) is 68.1 cm³/mol. The van der Waals surface area contributed by atoms with Crippen molar-refractivity contribution in [2.45, 2.75) is 39.2 Å². The fourth-order valence-corrected chi connectivity index (χ4v) is 2.07. The predicted octanol–water partition coefficient (Wildman–Crippen LogP) is 1.62. The highest BCUT2D eigenvalue weighted by molar-refractivity contribution is 7.98. The molecule has 90 valence electrons. The first-order chi connectivity index (χ1) is 6.93. The maximum atomic E-state index is 11.6. The van der Waals surface area contributed by atoms with E-state index in [0.29, 0.717) is 18.9 Å². The fraction of sp³-hybridized carbons (Fsp3) is 0.909. The van der Waals surface area contributed by atoms with Crippen LogP contribution >= 0.6 is 11.8 Å². The lowest BCUT2D eigenvalue weighted by Crippen LogP contribution is -2.52. The van der Waals surface area contributed by atoms with Gasteiger partial charge in [0, 0.05) is 24.3 Å². The van der Waals surface area contributed by atoms with Gasteiger partial charge in [0.05, 0.1) is 0 Å². The maximum Gasteiger partial charge on any atom is 0.221 e. The molecule has 3 nitrogen and oxygen atoms in total. The lowest BCUT2D eigenvalue weighted by atomic mass is 9.90. The highest BCUT2D eigenvalue weighted by Crippen LogP contribution is 2.15. The SMILES string of the molecule is CSCCC(=O)NC(C)(CN)CC(C)C. The van der Waals surface area contributed by atoms with Crippen molar-refractivity contribution in [2.75, 3.05) is 18.6 Å². The largest absolute Gasteiger partial charge is 0.350 e. The standard InChI is InChI=1S/C11H24N2OS/c1-9(2)7-11(3,8-12)13-10(14)5-6-15-4/h9H,5-8,12H2,1-4H3,(H,13,14). The van der Waals surface area contributed by atoms with Gasteiger partial charge in [0.2, 0.25) is 5.91 Å². The molecule has 0 aromatic rings. The van der Waals surface area contributed by atoms with Crippen LogP contribution < -0.4 is 11.1 Å². The number of nitrogens with two attached hydrogens (primary N) is 1. The molecule has 0 saturated heterocycles. The van der Waals surface area contributed by atoms with E-state index in [9.17, 15) is 4.79 Å². The van der Waals surface area contributed by atoms with E-state index in [1.165, 1.54) is 0 Å². The Bertz CT molecular complexity index is 197. The first-order valence-corrected chi connectivity index (χ1v) is 6.83. The summed E-state index contributed by atoms with van der Waals surface area (Å²) in [4.78, 5) is 11.6. The summed E-state index contributed by atoms with van der Waals surface area (Å²) in [7, 11) is 0. The van der Waals surface area contributed by atoms with Crippen LogP contribution in [0.3, 0.4) is 0 Å². The van der Waals surface area contributed by atoms with Gasteiger partial charge in [-0.3, -0.25) is 4.79 Å². The Morgan fingerprint density at radius 1 is 1.53 bits per heavy atom. The molecule has 1 amide bonds. The second-order valence-corrected chi connectivity index (χ2v) is 5.64. The second kappa shape index (κ2) is 7.12. The average Bonchev–Trinajstić information content (AvgIpc) is 2.13. The number of rotatable bonds is 7. The van der Waals surface area contributed by atoms with E-state index in [-0.39, 0.29) is 11.4 Å². The van der Waals surface area contributed by atoms with Gasteiger partial charge in [-0.25, -0.2) is 0 Å². The molecule has 3 N–H and O–H groups in total. The van der Waals surface area contributed by atoms with Crippen LogP contribution in [0.25, 0.3) is 0 Å². The van der Waals surface area contributed by atoms with Crippen LogP contribution in [0.5, 0.6) is 0 Å². The summed E-state index contributed by atoms with van der Waals surface area (Å²) in [6.07, 6.45) is 3.51. The van der Waals surface area contributed by atoms with E-state index < -0.39 is 0 Å². The summed E-state index contributed by atoms with van der Waals surface area (Å²) in [6.45, 7) is 6.80. The molecule has 0 aromatic carbocycles. The molecule has 0 aliphatic rings. The minimum Gasteiger partial charge on any atom is -0.350 e. The summed E-state index contributed by atoms with van der Waals surface area (Å²) in [5.41, 5.74) is 5.47. The third kappa shape index (κ3) is 6.79. The Labute approximate surface area is 97.6 Å². The molecule has 0 bridgehead atoms. The molecular formula is C11H24N2OS. The van der Waals surface area contributed by atoms with Gasteiger partial charge in [0.1, 0.15) is 0 Å². The first-order valence-electron chi connectivity index (χ1n) is 5.43. The van der Waals surface area contributed by atoms with E-state index >= 15 is 0 Å². The molecule has 0 radical (unpaired) electrons. The molecule has 0 saturated carbocycles. The minimum absolute atomic E-state index is 0.109. The Morgan fingerprint density at radius 2 is 2.13 bits per heavy atom. The van der Waals surface area contributed by atoms with E-state index in [2.05, 4.69) is 19.2 Å². The molecule has 1 unspecified atom stereocenters. The van der Waals surface area contributed by atoms with Crippen molar-refractivity contribution in [3.05, 3.63) is 0 Å². The van der Waals surface area contributed by atoms with Crippen molar-refractivity contribution in [3.63, 3.8) is 0 Å². The van der Waals surface area contributed by atoms with E-state index in [1.54, 1.807) is 11.8 Å². The topological polar surface area (TPSA) is 55.1 Å². The molecule has 0 heterocycles. The molecule has 0 fully saturated rings. The number of nitrogens with one attached hydrogen (secondary N) is 1. The zero-order valence-corrected chi connectivity index (χ0v) is 11.1. The maximum absolute atomic E-state index is 11.6. The van der Waals surface area contributed by atoms with Gasteiger partial charge in [0.15, 0.2) is 0 Å². The van der Waals surface area contributed by atoms with E-state index in [4.69, 9.17) is 5.73 Å². The first kappa shape index (κ1) is 14.8. The van der Waals surface area contributed by atoms with Gasteiger partial charge in [0.25, 0.3) is 0 Å². The molecule has 4 heteroatoms. The molecule has 15 heavy (non-hydrogen) atoms. The van der Waals surface area contributed by atoms with Crippen LogP contribution in [0, 0.1) is 5.92 Å². The molecule has 0 rings (SSSR count). The normalized spacial score (nSPS) is 15.1. The Hall–Kier alpha value is -0.220. The number of thioether (sulfide) groups is 1. The van der Waals surface area contributed by atoms with Crippen LogP contribution in [0.15, 0.2) is 0 Å². The second-order valence-electron chi connectivity index (χ2n) is 4.65. The van der Waals surface area contributed by atoms with Gasteiger partial charge < -0.3 is 11.1 Å². The van der Waals surface area contributed by atoms with Crippen LogP contribution in [0.1, 0.15) is 33.6 Å². The van der Waals surface area contributed by atoms with Crippen molar-refractivity contribution in [2.24, 2.45) is 11.7 Å². The molecule has 0 aliphatic carbocycles. The molecule has 0 aliphatic heterocycles. The van der Waals surface area contributed by atoms with Gasteiger partial charge in [-0.2, -0.15) is 11.8 Å². The highest BCUT2D eigenvalue weighted by atomic mass is 32.2. The summed E-state index contributed by atoms with van der Waals surface area (Å²) >= 11 is 1.69.